The van der Waals surface area contributed by atoms with Crippen LogP contribution in [0.1, 0.15) is 52.6 Å². The molecule has 1 unspecified atom stereocenters. The van der Waals surface area contributed by atoms with Gasteiger partial charge >= 0.3 is 0 Å². The molecule has 2 heteroatoms. The Morgan fingerprint density at radius 2 is 1.71 bits per heavy atom. The van der Waals surface area contributed by atoms with Crippen molar-refractivity contribution in [3.8, 4) is 5.75 Å². The van der Waals surface area contributed by atoms with Gasteiger partial charge in [-0.05, 0) is 43.4 Å². The van der Waals surface area contributed by atoms with Crippen molar-refractivity contribution in [1.82, 2.24) is 0 Å². The lowest BCUT2D eigenvalue weighted by molar-refractivity contribution is 0.242. The minimum atomic E-state index is 0.0700. The zero-order chi connectivity index (χ0) is 13.1. The van der Waals surface area contributed by atoms with E-state index in [9.17, 15) is 0 Å². The van der Waals surface area contributed by atoms with Crippen LogP contribution < -0.4 is 10.5 Å². The zero-order valence-corrected chi connectivity index (χ0v) is 11.7. The average molecular weight is 235 g/mol. The first-order valence-electron chi connectivity index (χ1n) is 6.39. The smallest absolute Gasteiger partial charge is 0.119 e. The van der Waals surface area contributed by atoms with Gasteiger partial charge in [0.1, 0.15) is 5.75 Å². The molecule has 0 saturated heterocycles. The highest BCUT2D eigenvalue weighted by Gasteiger charge is 2.25. The van der Waals surface area contributed by atoms with Crippen molar-refractivity contribution in [2.24, 2.45) is 11.1 Å². The van der Waals surface area contributed by atoms with Crippen LogP contribution in [0.25, 0.3) is 0 Å². The molecule has 2 N–H and O–H groups in total. The summed E-state index contributed by atoms with van der Waals surface area (Å²) < 4.78 is 5.62. The molecule has 0 spiro atoms. The molecule has 0 aliphatic carbocycles. The van der Waals surface area contributed by atoms with Crippen LogP contribution in [-0.4, -0.2) is 6.10 Å². The molecule has 96 valence electrons. The van der Waals surface area contributed by atoms with Gasteiger partial charge in [-0.1, -0.05) is 32.9 Å². The van der Waals surface area contributed by atoms with Crippen LogP contribution in [0.5, 0.6) is 5.75 Å². The molecule has 0 aliphatic rings. The second-order valence-electron chi connectivity index (χ2n) is 5.56. The Hall–Kier alpha value is -1.02. The highest BCUT2D eigenvalue weighted by atomic mass is 16.5. The molecule has 0 bridgehead atoms. The molecule has 17 heavy (non-hydrogen) atoms. The van der Waals surface area contributed by atoms with E-state index < -0.39 is 0 Å². The van der Waals surface area contributed by atoms with E-state index in [-0.39, 0.29) is 17.6 Å². The van der Waals surface area contributed by atoms with Crippen molar-refractivity contribution in [2.45, 2.75) is 53.2 Å². The second kappa shape index (κ2) is 5.54. The van der Waals surface area contributed by atoms with Gasteiger partial charge in [-0.25, -0.2) is 0 Å². The van der Waals surface area contributed by atoms with Gasteiger partial charge in [-0.15, -0.1) is 0 Å². The quantitative estimate of drug-likeness (QED) is 0.839. The predicted octanol–water partition coefficient (Wildman–Crippen LogP) is 3.91. The van der Waals surface area contributed by atoms with E-state index >= 15 is 0 Å². The number of ether oxygens (including phenoxy) is 1. The van der Waals surface area contributed by atoms with Crippen molar-refractivity contribution in [3.63, 3.8) is 0 Å². The maximum absolute atomic E-state index is 6.29. The van der Waals surface area contributed by atoms with Crippen LogP contribution in [0.4, 0.5) is 0 Å². The standard InChI is InChI=1S/C15H25NO/c1-6-15(4,5)14(16)12-7-9-13(10-8-12)17-11(2)3/h7-11,14H,6,16H2,1-5H3. The summed E-state index contributed by atoms with van der Waals surface area (Å²) in [5.74, 6) is 0.908. The summed E-state index contributed by atoms with van der Waals surface area (Å²) in [5.41, 5.74) is 7.59. The molecule has 0 saturated carbocycles. The Morgan fingerprint density at radius 3 is 2.12 bits per heavy atom. The molecule has 0 radical (unpaired) electrons. The molecule has 0 heterocycles. The Labute approximate surface area is 105 Å². The van der Waals surface area contributed by atoms with Gasteiger partial charge in [-0.3, -0.25) is 0 Å². The second-order valence-corrected chi connectivity index (χ2v) is 5.56. The van der Waals surface area contributed by atoms with E-state index in [1.165, 1.54) is 5.56 Å². The van der Waals surface area contributed by atoms with Crippen molar-refractivity contribution in [3.05, 3.63) is 29.8 Å². The van der Waals surface area contributed by atoms with Crippen molar-refractivity contribution in [2.75, 3.05) is 0 Å². The number of rotatable bonds is 5. The average Bonchev–Trinajstić information content (AvgIpc) is 2.28. The summed E-state index contributed by atoms with van der Waals surface area (Å²) in [6, 6.07) is 8.21. The van der Waals surface area contributed by atoms with Gasteiger partial charge < -0.3 is 10.5 Å². The minimum Gasteiger partial charge on any atom is -0.491 e. The Kier molecular flexibility index (Phi) is 4.58. The fourth-order valence-electron chi connectivity index (χ4n) is 1.70. The van der Waals surface area contributed by atoms with Gasteiger partial charge in [0.25, 0.3) is 0 Å². The lowest BCUT2D eigenvalue weighted by atomic mass is 9.79. The molecule has 1 aromatic carbocycles. The van der Waals surface area contributed by atoms with Crippen LogP contribution in [0, 0.1) is 5.41 Å². The summed E-state index contributed by atoms with van der Waals surface area (Å²) in [7, 11) is 0. The first-order valence-corrected chi connectivity index (χ1v) is 6.39. The highest BCUT2D eigenvalue weighted by molar-refractivity contribution is 5.30. The van der Waals surface area contributed by atoms with E-state index in [1.54, 1.807) is 0 Å². The molecule has 0 fully saturated rings. The van der Waals surface area contributed by atoms with E-state index in [0.29, 0.717) is 0 Å². The fraction of sp³-hybridized carbons (Fsp3) is 0.600. The first kappa shape index (κ1) is 14.0. The molecule has 1 aromatic rings. The van der Waals surface area contributed by atoms with E-state index in [2.05, 4.69) is 32.9 Å². The molecular formula is C15H25NO. The van der Waals surface area contributed by atoms with Gasteiger partial charge in [0.05, 0.1) is 6.10 Å². The third kappa shape index (κ3) is 3.74. The summed E-state index contributed by atoms with van der Waals surface area (Å²) in [4.78, 5) is 0. The van der Waals surface area contributed by atoms with Crippen molar-refractivity contribution >= 4 is 0 Å². The maximum atomic E-state index is 6.29. The summed E-state index contributed by atoms with van der Waals surface area (Å²) >= 11 is 0. The van der Waals surface area contributed by atoms with Crippen LogP contribution in [0.2, 0.25) is 0 Å². The van der Waals surface area contributed by atoms with Crippen LogP contribution in [0.3, 0.4) is 0 Å². The third-order valence-electron chi connectivity index (χ3n) is 3.36. The Bertz CT molecular complexity index is 340. The largest absolute Gasteiger partial charge is 0.491 e. The minimum absolute atomic E-state index is 0.0700. The lowest BCUT2D eigenvalue weighted by Crippen LogP contribution is -2.28. The lowest BCUT2D eigenvalue weighted by Gasteiger charge is -2.30. The van der Waals surface area contributed by atoms with Crippen LogP contribution in [-0.2, 0) is 0 Å². The zero-order valence-electron chi connectivity index (χ0n) is 11.7. The predicted molar refractivity (Wildman–Crippen MR) is 73.2 cm³/mol. The van der Waals surface area contributed by atoms with Gasteiger partial charge in [0, 0.05) is 6.04 Å². The number of hydrogen-bond acceptors (Lipinski definition) is 2. The van der Waals surface area contributed by atoms with Gasteiger partial charge in [-0.2, -0.15) is 0 Å². The summed E-state index contributed by atoms with van der Waals surface area (Å²) in [6.07, 6.45) is 1.28. The molecule has 0 aromatic heterocycles. The Morgan fingerprint density at radius 1 is 1.18 bits per heavy atom. The molecule has 0 aliphatic heterocycles. The molecule has 1 atom stereocenters. The van der Waals surface area contributed by atoms with Crippen LogP contribution >= 0.6 is 0 Å². The van der Waals surface area contributed by atoms with Gasteiger partial charge in [0.15, 0.2) is 0 Å². The topological polar surface area (TPSA) is 35.2 Å². The van der Waals surface area contributed by atoms with E-state index in [0.717, 1.165) is 12.2 Å². The number of hydrogen-bond donors (Lipinski definition) is 1. The summed E-state index contributed by atoms with van der Waals surface area (Å²) in [5, 5.41) is 0. The van der Waals surface area contributed by atoms with E-state index in [4.69, 9.17) is 10.5 Å². The highest BCUT2D eigenvalue weighted by Crippen LogP contribution is 2.34. The normalized spacial score (nSPS) is 13.8. The summed E-state index contributed by atoms with van der Waals surface area (Å²) in [6.45, 7) is 10.6. The number of nitrogens with two attached hydrogens (primary N) is 1. The van der Waals surface area contributed by atoms with Crippen LogP contribution in [0.15, 0.2) is 24.3 Å². The van der Waals surface area contributed by atoms with E-state index in [1.807, 2.05) is 26.0 Å². The monoisotopic (exact) mass is 235 g/mol. The van der Waals surface area contributed by atoms with Gasteiger partial charge in [0.2, 0.25) is 0 Å². The Balaban J connectivity index is 2.80. The number of benzene rings is 1. The maximum Gasteiger partial charge on any atom is 0.119 e. The fourth-order valence-corrected chi connectivity index (χ4v) is 1.70. The first-order chi connectivity index (χ1) is 7.86. The third-order valence-corrected chi connectivity index (χ3v) is 3.36. The molecular weight excluding hydrogens is 210 g/mol. The van der Waals surface area contributed by atoms with Crippen molar-refractivity contribution in [1.29, 1.82) is 0 Å². The molecule has 0 amide bonds. The molecule has 2 nitrogen and oxygen atoms in total. The SMILES string of the molecule is CCC(C)(C)C(N)c1ccc(OC(C)C)cc1. The molecule has 1 rings (SSSR count). The van der Waals surface area contributed by atoms with Crippen molar-refractivity contribution < 1.29 is 4.74 Å².